The molecule has 1 aliphatic rings. The largest absolute Gasteiger partial charge is 0.379 e. The summed E-state index contributed by atoms with van der Waals surface area (Å²) in [5, 5.41) is 6.65. The monoisotopic (exact) mass is 224 g/mol. The van der Waals surface area contributed by atoms with Gasteiger partial charge in [0.2, 0.25) is 5.82 Å². The van der Waals surface area contributed by atoms with Crippen LogP contribution >= 0.6 is 0 Å². The summed E-state index contributed by atoms with van der Waals surface area (Å²) in [4.78, 5) is 17.8. The van der Waals surface area contributed by atoms with E-state index in [1.54, 1.807) is 11.9 Å². The zero-order chi connectivity index (χ0) is 11.5. The Kier molecular flexibility index (Phi) is 3.19. The molecule has 0 radical (unpaired) electrons. The molecule has 1 aliphatic heterocycles. The van der Waals surface area contributed by atoms with Crippen molar-refractivity contribution < 1.29 is 9.53 Å². The van der Waals surface area contributed by atoms with Crippen LogP contribution in [0.5, 0.6) is 0 Å². The number of nitrogens with one attached hydrogen (secondary N) is 1. The van der Waals surface area contributed by atoms with Crippen LogP contribution in [0.15, 0.2) is 0 Å². The molecule has 1 aromatic heterocycles. The fourth-order valence-corrected chi connectivity index (χ4v) is 1.70. The minimum absolute atomic E-state index is 0.147. The summed E-state index contributed by atoms with van der Waals surface area (Å²) < 4.78 is 5.25. The number of hydrogen-bond donors (Lipinski definition) is 1. The van der Waals surface area contributed by atoms with E-state index in [2.05, 4.69) is 15.2 Å². The fourth-order valence-electron chi connectivity index (χ4n) is 1.70. The van der Waals surface area contributed by atoms with Gasteiger partial charge in [0.25, 0.3) is 5.91 Å². The number of ether oxygens (including phenoxy) is 1. The third kappa shape index (κ3) is 2.06. The number of likely N-dealkylation sites (N-methyl/N-ethyl adjacent to an activating group) is 1. The van der Waals surface area contributed by atoms with Gasteiger partial charge < -0.3 is 9.64 Å². The van der Waals surface area contributed by atoms with Gasteiger partial charge >= 0.3 is 0 Å². The van der Waals surface area contributed by atoms with Crippen LogP contribution in [0.2, 0.25) is 0 Å². The molecule has 16 heavy (non-hydrogen) atoms. The first-order valence-corrected chi connectivity index (χ1v) is 5.48. The van der Waals surface area contributed by atoms with Crippen LogP contribution in [0.1, 0.15) is 29.8 Å². The van der Waals surface area contributed by atoms with Gasteiger partial charge in [-0.25, -0.2) is 4.98 Å². The summed E-state index contributed by atoms with van der Waals surface area (Å²) in [6.45, 7) is 3.28. The van der Waals surface area contributed by atoms with Gasteiger partial charge in [-0.1, -0.05) is 6.92 Å². The molecular weight excluding hydrogens is 208 g/mol. The summed E-state index contributed by atoms with van der Waals surface area (Å²) in [6.07, 6.45) is 1.63. The van der Waals surface area contributed by atoms with Gasteiger partial charge in [-0.3, -0.25) is 9.89 Å². The molecular formula is C10H16N4O2. The van der Waals surface area contributed by atoms with E-state index in [9.17, 15) is 4.79 Å². The number of H-pyrrole nitrogens is 1. The molecule has 1 aromatic rings. The van der Waals surface area contributed by atoms with Crippen molar-refractivity contribution in [3.63, 3.8) is 0 Å². The summed E-state index contributed by atoms with van der Waals surface area (Å²) in [5.41, 5.74) is 0. The van der Waals surface area contributed by atoms with Crippen LogP contribution in [-0.4, -0.2) is 52.3 Å². The molecule has 1 unspecified atom stereocenters. The van der Waals surface area contributed by atoms with Crippen molar-refractivity contribution in [2.75, 3.05) is 20.3 Å². The van der Waals surface area contributed by atoms with Crippen LogP contribution < -0.4 is 0 Å². The highest BCUT2D eigenvalue weighted by Gasteiger charge is 2.26. The Morgan fingerprint density at radius 1 is 1.69 bits per heavy atom. The first-order valence-electron chi connectivity index (χ1n) is 5.48. The van der Waals surface area contributed by atoms with Crippen LogP contribution in [0.25, 0.3) is 0 Å². The molecule has 1 amide bonds. The lowest BCUT2D eigenvalue weighted by Crippen LogP contribution is -2.37. The molecule has 0 bridgehead atoms. The van der Waals surface area contributed by atoms with Gasteiger partial charge in [-0.05, 0) is 6.42 Å². The zero-order valence-electron chi connectivity index (χ0n) is 9.56. The lowest BCUT2D eigenvalue weighted by molar-refractivity contribution is 0.0699. The van der Waals surface area contributed by atoms with Crippen molar-refractivity contribution in [3.8, 4) is 0 Å². The van der Waals surface area contributed by atoms with Gasteiger partial charge in [0.15, 0.2) is 0 Å². The molecule has 2 rings (SSSR count). The highest BCUT2D eigenvalue weighted by molar-refractivity contribution is 5.90. The lowest BCUT2D eigenvalue weighted by Gasteiger charge is -2.21. The second-order valence-electron chi connectivity index (χ2n) is 3.89. The van der Waals surface area contributed by atoms with Crippen LogP contribution in [0, 0.1) is 0 Å². The standard InChI is InChI=1S/C10H16N4O2/c1-3-8-11-9(13-12-8)10(15)14(2)7-4-5-16-6-7/h7H,3-6H2,1-2H3,(H,11,12,13). The highest BCUT2D eigenvalue weighted by atomic mass is 16.5. The Morgan fingerprint density at radius 3 is 3.06 bits per heavy atom. The van der Waals surface area contributed by atoms with E-state index in [1.165, 1.54) is 0 Å². The minimum atomic E-state index is -0.147. The van der Waals surface area contributed by atoms with E-state index in [0.29, 0.717) is 6.61 Å². The van der Waals surface area contributed by atoms with Crippen molar-refractivity contribution in [1.82, 2.24) is 20.1 Å². The second kappa shape index (κ2) is 4.61. The Balaban J connectivity index is 2.05. The predicted molar refractivity (Wildman–Crippen MR) is 57.1 cm³/mol. The van der Waals surface area contributed by atoms with E-state index in [-0.39, 0.29) is 17.8 Å². The molecule has 6 heteroatoms. The number of amides is 1. The van der Waals surface area contributed by atoms with Crippen molar-refractivity contribution in [2.45, 2.75) is 25.8 Å². The SMILES string of the molecule is CCc1nc(C(=O)N(C)C2CCOC2)n[nH]1. The third-order valence-electron chi connectivity index (χ3n) is 2.83. The molecule has 1 N–H and O–H groups in total. The van der Waals surface area contributed by atoms with Gasteiger partial charge in [0.1, 0.15) is 5.82 Å². The number of carbonyl (C=O) groups is 1. The first-order chi connectivity index (χ1) is 7.72. The maximum absolute atomic E-state index is 12.0. The number of carbonyl (C=O) groups excluding carboxylic acids is 1. The summed E-state index contributed by atoms with van der Waals surface area (Å²) >= 11 is 0. The Morgan fingerprint density at radius 2 is 2.50 bits per heavy atom. The van der Waals surface area contributed by atoms with Crippen LogP contribution in [-0.2, 0) is 11.2 Å². The summed E-state index contributed by atoms with van der Waals surface area (Å²) in [7, 11) is 1.77. The molecule has 1 saturated heterocycles. The third-order valence-corrected chi connectivity index (χ3v) is 2.83. The smallest absolute Gasteiger partial charge is 0.293 e. The van der Waals surface area contributed by atoms with Crippen molar-refractivity contribution in [2.24, 2.45) is 0 Å². The number of aryl methyl sites for hydroxylation is 1. The van der Waals surface area contributed by atoms with Crippen molar-refractivity contribution in [3.05, 3.63) is 11.6 Å². The van der Waals surface area contributed by atoms with E-state index in [0.717, 1.165) is 25.3 Å². The van der Waals surface area contributed by atoms with E-state index >= 15 is 0 Å². The Labute approximate surface area is 94.0 Å². The van der Waals surface area contributed by atoms with Gasteiger partial charge in [0.05, 0.1) is 12.6 Å². The van der Waals surface area contributed by atoms with E-state index < -0.39 is 0 Å². The Bertz CT molecular complexity index is 371. The maximum atomic E-state index is 12.0. The molecule has 2 heterocycles. The van der Waals surface area contributed by atoms with Gasteiger partial charge in [-0.2, -0.15) is 0 Å². The van der Waals surface area contributed by atoms with Gasteiger partial charge in [0, 0.05) is 20.1 Å². The van der Waals surface area contributed by atoms with Crippen LogP contribution in [0.3, 0.4) is 0 Å². The fraction of sp³-hybridized carbons (Fsp3) is 0.700. The average molecular weight is 224 g/mol. The number of rotatable bonds is 3. The second-order valence-corrected chi connectivity index (χ2v) is 3.89. The lowest BCUT2D eigenvalue weighted by atomic mass is 10.2. The summed E-state index contributed by atoms with van der Waals surface area (Å²) in [5.74, 6) is 0.831. The molecule has 88 valence electrons. The molecule has 1 atom stereocenters. The number of aromatic nitrogens is 3. The number of aromatic amines is 1. The normalized spacial score (nSPS) is 20.0. The molecule has 0 spiro atoms. The zero-order valence-corrected chi connectivity index (χ0v) is 9.56. The summed E-state index contributed by atoms with van der Waals surface area (Å²) in [6, 6.07) is 0.149. The van der Waals surface area contributed by atoms with Gasteiger partial charge in [-0.15, -0.1) is 5.10 Å². The van der Waals surface area contributed by atoms with Crippen molar-refractivity contribution >= 4 is 5.91 Å². The predicted octanol–water partition coefficient (Wildman–Crippen LogP) is 0.228. The topological polar surface area (TPSA) is 71.1 Å². The van der Waals surface area contributed by atoms with E-state index in [1.807, 2.05) is 6.92 Å². The first kappa shape index (κ1) is 11.1. The molecule has 6 nitrogen and oxygen atoms in total. The molecule has 0 aromatic carbocycles. The minimum Gasteiger partial charge on any atom is -0.379 e. The Hall–Kier alpha value is -1.43. The van der Waals surface area contributed by atoms with Crippen molar-refractivity contribution in [1.29, 1.82) is 0 Å². The molecule has 0 aliphatic carbocycles. The van der Waals surface area contributed by atoms with E-state index in [4.69, 9.17) is 4.74 Å². The average Bonchev–Trinajstić information content (AvgIpc) is 2.97. The van der Waals surface area contributed by atoms with Crippen LogP contribution in [0.4, 0.5) is 0 Å². The molecule has 0 saturated carbocycles. The highest BCUT2D eigenvalue weighted by Crippen LogP contribution is 2.12. The number of hydrogen-bond acceptors (Lipinski definition) is 4. The number of nitrogens with zero attached hydrogens (tertiary/aromatic N) is 3. The maximum Gasteiger partial charge on any atom is 0.293 e. The quantitative estimate of drug-likeness (QED) is 0.797. The molecule has 1 fully saturated rings.